The highest BCUT2D eigenvalue weighted by Crippen LogP contribution is 2.11. The Morgan fingerprint density at radius 1 is 1.32 bits per heavy atom. The first kappa shape index (κ1) is 12.7. The number of nitrogens with zero attached hydrogens (tertiary/aromatic N) is 1. The number of carbonyl (C=O) groups is 1. The maximum Gasteiger partial charge on any atom is 0.267 e. The predicted molar refractivity (Wildman–Crippen MR) is 69.7 cm³/mol. The van der Waals surface area contributed by atoms with Crippen LogP contribution in [-0.2, 0) is 6.54 Å². The number of hydrogen-bond donors (Lipinski definition) is 2. The third kappa shape index (κ3) is 3.13. The summed E-state index contributed by atoms with van der Waals surface area (Å²) in [6, 6.07) is 12.5. The van der Waals surface area contributed by atoms with E-state index in [0.717, 1.165) is 11.3 Å². The number of methoxy groups -OCH3 is 1. The molecule has 0 bridgehead atoms. The van der Waals surface area contributed by atoms with Crippen molar-refractivity contribution in [3.05, 3.63) is 53.3 Å². The van der Waals surface area contributed by atoms with Crippen LogP contribution in [0.2, 0.25) is 0 Å². The largest absolute Gasteiger partial charge is 0.497 e. The van der Waals surface area contributed by atoms with Crippen LogP contribution in [0.4, 0.5) is 0 Å². The Kier molecular flexibility index (Phi) is 3.84. The van der Waals surface area contributed by atoms with Gasteiger partial charge in [-0.05, 0) is 29.8 Å². The average molecular weight is 255 g/mol. The minimum Gasteiger partial charge on any atom is -0.497 e. The van der Waals surface area contributed by atoms with E-state index in [-0.39, 0.29) is 5.91 Å². The maximum atomic E-state index is 11.8. The van der Waals surface area contributed by atoms with E-state index in [4.69, 9.17) is 10.00 Å². The minimum atomic E-state index is -0.239. The number of amides is 1. The molecule has 2 rings (SSSR count). The summed E-state index contributed by atoms with van der Waals surface area (Å²) in [5.74, 6) is 0.537. The lowest BCUT2D eigenvalue weighted by atomic mass is 10.2. The molecule has 1 heterocycles. The SMILES string of the molecule is COc1ccc(CNC(=O)c2ccc(C#N)[nH]2)cc1. The van der Waals surface area contributed by atoms with Crippen molar-refractivity contribution in [3.8, 4) is 11.8 Å². The van der Waals surface area contributed by atoms with Gasteiger partial charge in [-0.15, -0.1) is 0 Å². The highest BCUT2D eigenvalue weighted by molar-refractivity contribution is 5.92. The molecular formula is C14H13N3O2. The number of ether oxygens (including phenoxy) is 1. The van der Waals surface area contributed by atoms with E-state index in [1.807, 2.05) is 30.3 Å². The van der Waals surface area contributed by atoms with Crippen molar-refractivity contribution in [1.82, 2.24) is 10.3 Å². The van der Waals surface area contributed by atoms with E-state index in [0.29, 0.717) is 17.9 Å². The van der Waals surface area contributed by atoms with Gasteiger partial charge in [0.05, 0.1) is 7.11 Å². The zero-order valence-electron chi connectivity index (χ0n) is 10.4. The summed E-state index contributed by atoms with van der Waals surface area (Å²) in [5, 5.41) is 11.4. The molecule has 0 atom stereocenters. The number of benzene rings is 1. The van der Waals surface area contributed by atoms with E-state index in [2.05, 4.69) is 10.3 Å². The molecule has 0 aliphatic heterocycles. The van der Waals surface area contributed by atoms with Crippen LogP contribution in [0.1, 0.15) is 21.7 Å². The number of H-pyrrole nitrogens is 1. The van der Waals surface area contributed by atoms with Crippen LogP contribution in [0.3, 0.4) is 0 Å². The van der Waals surface area contributed by atoms with Crippen molar-refractivity contribution in [3.63, 3.8) is 0 Å². The molecule has 0 fully saturated rings. The second-order valence-electron chi connectivity index (χ2n) is 3.93. The summed E-state index contributed by atoms with van der Waals surface area (Å²) >= 11 is 0. The predicted octanol–water partition coefficient (Wildman–Crippen LogP) is 1.82. The third-order valence-electron chi connectivity index (χ3n) is 2.66. The zero-order chi connectivity index (χ0) is 13.7. The molecule has 1 aromatic heterocycles. The second kappa shape index (κ2) is 5.74. The number of hydrogen-bond acceptors (Lipinski definition) is 3. The third-order valence-corrected chi connectivity index (χ3v) is 2.66. The quantitative estimate of drug-likeness (QED) is 0.874. The Morgan fingerprint density at radius 2 is 2.05 bits per heavy atom. The van der Waals surface area contributed by atoms with Crippen LogP contribution in [-0.4, -0.2) is 18.0 Å². The molecule has 5 heteroatoms. The minimum absolute atomic E-state index is 0.239. The van der Waals surface area contributed by atoms with Gasteiger partial charge in [0.2, 0.25) is 0 Å². The smallest absolute Gasteiger partial charge is 0.267 e. The van der Waals surface area contributed by atoms with Crippen LogP contribution in [0.25, 0.3) is 0 Å². The monoisotopic (exact) mass is 255 g/mol. The molecule has 1 amide bonds. The fraction of sp³-hybridized carbons (Fsp3) is 0.143. The van der Waals surface area contributed by atoms with Gasteiger partial charge in [0.1, 0.15) is 23.2 Å². The van der Waals surface area contributed by atoms with Crippen molar-refractivity contribution in [2.45, 2.75) is 6.54 Å². The number of aromatic nitrogens is 1. The molecule has 0 aliphatic rings. The molecule has 0 saturated carbocycles. The number of aromatic amines is 1. The first-order valence-electron chi connectivity index (χ1n) is 5.73. The topological polar surface area (TPSA) is 77.9 Å². The van der Waals surface area contributed by atoms with Gasteiger partial charge in [0.15, 0.2) is 0 Å². The van der Waals surface area contributed by atoms with Gasteiger partial charge in [-0.1, -0.05) is 12.1 Å². The highest BCUT2D eigenvalue weighted by atomic mass is 16.5. The summed E-state index contributed by atoms with van der Waals surface area (Å²) in [4.78, 5) is 14.5. The normalized spacial score (nSPS) is 9.68. The van der Waals surface area contributed by atoms with Crippen LogP contribution >= 0.6 is 0 Å². The molecule has 0 unspecified atom stereocenters. The first-order chi connectivity index (χ1) is 9.22. The summed E-state index contributed by atoms with van der Waals surface area (Å²) in [5.41, 5.74) is 1.72. The molecule has 2 aromatic rings. The van der Waals surface area contributed by atoms with Gasteiger partial charge >= 0.3 is 0 Å². The van der Waals surface area contributed by atoms with Crippen LogP contribution in [0.15, 0.2) is 36.4 Å². The van der Waals surface area contributed by atoms with Gasteiger partial charge in [-0.25, -0.2) is 0 Å². The fourth-order valence-electron chi connectivity index (χ4n) is 1.61. The molecule has 2 N–H and O–H groups in total. The van der Waals surface area contributed by atoms with Gasteiger partial charge in [0, 0.05) is 6.54 Å². The van der Waals surface area contributed by atoms with E-state index in [1.54, 1.807) is 19.2 Å². The van der Waals surface area contributed by atoms with Crippen molar-refractivity contribution in [2.24, 2.45) is 0 Å². The fourth-order valence-corrected chi connectivity index (χ4v) is 1.61. The molecule has 5 nitrogen and oxygen atoms in total. The van der Waals surface area contributed by atoms with Crippen molar-refractivity contribution < 1.29 is 9.53 Å². The van der Waals surface area contributed by atoms with Crippen LogP contribution < -0.4 is 10.1 Å². The molecule has 0 aliphatic carbocycles. The van der Waals surface area contributed by atoms with E-state index in [1.165, 1.54) is 0 Å². The lowest BCUT2D eigenvalue weighted by Crippen LogP contribution is -2.23. The molecular weight excluding hydrogens is 242 g/mol. The molecule has 0 saturated heterocycles. The standard InChI is InChI=1S/C14H13N3O2/c1-19-12-5-2-10(3-6-12)9-16-14(18)13-7-4-11(8-15)17-13/h2-7,17H,9H2,1H3,(H,16,18). The highest BCUT2D eigenvalue weighted by Gasteiger charge is 2.07. The molecule has 19 heavy (non-hydrogen) atoms. The average Bonchev–Trinajstić information content (AvgIpc) is 2.94. The zero-order valence-corrected chi connectivity index (χ0v) is 10.4. The number of carbonyl (C=O) groups excluding carboxylic acids is 1. The summed E-state index contributed by atoms with van der Waals surface area (Å²) in [6.45, 7) is 0.420. The Balaban J connectivity index is 1.94. The molecule has 1 aromatic carbocycles. The van der Waals surface area contributed by atoms with Crippen molar-refractivity contribution in [1.29, 1.82) is 5.26 Å². The van der Waals surface area contributed by atoms with Gasteiger partial charge in [0.25, 0.3) is 5.91 Å². The van der Waals surface area contributed by atoms with Gasteiger partial charge in [-0.2, -0.15) is 5.26 Å². The van der Waals surface area contributed by atoms with E-state index in [9.17, 15) is 4.79 Å². The number of nitriles is 1. The summed E-state index contributed by atoms with van der Waals surface area (Å²) in [6.07, 6.45) is 0. The van der Waals surface area contributed by atoms with Crippen molar-refractivity contribution in [2.75, 3.05) is 7.11 Å². The Labute approximate surface area is 110 Å². The van der Waals surface area contributed by atoms with Crippen molar-refractivity contribution >= 4 is 5.91 Å². The number of rotatable bonds is 4. The Morgan fingerprint density at radius 3 is 2.63 bits per heavy atom. The first-order valence-corrected chi connectivity index (χ1v) is 5.73. The summed E-state index contributed by atoms with van der Waals surface area (Å²) < 4.78 is 5.06. The lowest BCUT2D eigenvalue weighted by molar-refractivity contribution is 0.0946. The van der Waals surface area contributed by atoms with Gasteiger partial charge < -0.3 is 15.0 Å². The summed E-state index contributed by atoms with van der Waals surface area (Å²) in [7, 11) is 1.61. The Bertz CT molecular complexity index is 608. The van der Waals surface area contributed by atoms with Gasteiger partial charge in [-0.3, -0.25) is 4.79 Å². The molecule has 0 radical (unpaired) electrons. The molecule has 0 spiro atoms. The number of nitrogens with one attached hydrogen (secondary N) is 2. The lowest BCUT2D eigenvalue weighted by Gasteiger charge is -2.05. The Hall–Kier alpha value is -2.74. The van der Waals surface area contributed by atoms with Crippen LogP contribution in [0.5, 0.6) is 5.75 Å². The maximum absolute atomic E-state index is 11.8. The molecule has 96 valence electrons. The second-order valence-corrected chi connectivity index (χ2v) is 3.93. The van der Waals surface area contributed by atoms with E-state index < -0.39 is 0 Å². The van der Waals surface area contributed by atoms with Crippen LogP contribution in [0, 0.1) is 11.3 Å². The van der Waals surface area contributed by atoms with E-state index >= 15 is 0 Å².